The highest BCUT2D eigenvalue weighted by atomic mass is 16.5. The molecule has 0 heterocycles. The van der Waals surface area contributed by atoms with Gasteiger partial charge in [-0.3, -0.25) is 0 Å². The molecule has 0 radical (unpaired) electrons. The van der Waals surface area contributed by atoms with Crippen molar-refractivity contribution in [3.05, 3.63) is 29.3 Å². The molecule has 1 unspecified atom stereocenters. The van der Waals surface area contributed by atoms with Gasteiger partial charge in [-0.25, -0.2) is 0 Å². The number of nitrogens with two attached hydrogens (primary N) is 1. The molecule has 1 rings (SSSR count). The van der Waals surface area contributed by atoms with E-state index in [1.165, 1.54) is 0 Å². The van der Waals surface area contributed by atoms with Crippen LogP contribution in [0.3, 0.4) is 0 Å². The summed E-state index contributed by atoms with van der Waals surface area (Å²) in [5.74, 6) is 0.0890. The third-order valence-corrected chi connectivity index (χ3v) is 2.88. The van der Waals surface area contributed by atoms with Crippen LogP contribution in [-0.4, -0.2) is 49.6 Å². The van der Waals surface area contributed by atoms with Gasteiger partial charge in [-0.15, -0.1) is 0 Å². The number of anilines is 1. The molecule has 1 aromatic carbocycles. The third-order valence-electron chi connectivity index (χ3n) is 2.88. The zero-order valence-corrected chi connectivity index (χ0v) is 11.5. The van der Waals surface area contributed by atoms with E-state index in [9.17, 15) is 5.11 Å². The number of amidine groups is 1. The lowest BCUT2D eigenvalue weighted by Crippen LogP contribution is -2.32. The van der Waals surface area contributed by atoms with Crippen LogP contribution < -0.4 is 10.6 Å². The van der Waals surface area contributed by atoms with Crippen molar-refractivity contribution in [3.8, 4) is 0 Å². The maximum atomic E-state index is 9.69. The molecule has 0 saturated heterocycles. The molecule has 0 aliphatic heterocycles. The number of rotatable bonds is 6. The van der Waals surface area contributed by atoms with Crippen molar-refractivity contribution in [1.82, 2.24) is 0 Å². The molecule has 6 heteroatoms. The molecule has 0 aliphatic rings. The van der Waals surface area contributed by atoms with Gasteiger partial charge >= 0.3 is 0 Å². The van der Waals surface area contributed by atoms with E-state index in [0.717, 1.165) is 11.3 Å². The van der Waals surface area contributed by atoms with Crippen LogP contribution in [-0.2, 0) is 4.74 Å². The molecule has 4 N–H and O–H groups in total. The minimum absolute atomic E-state index is 0.0890. The SMILES string of the molecule is COCC(O)CN(C)c1ccc(/C(N)=N/O)c(C)c1. The van der Waals surface area contributed by atoms with Crippen LogP contribution in [0.15, 0.2) is 23.4 Å². The number of aliphatic hydroxyl groups is 1. The predicted octanol–water partition coefficient (Wildman–Crippen LogP) is 0.533. The van der Waals surface area contributed by atoms with Crippen molar-refractivity contribution in [2.24, 2.45) is 10.9 Å². The van der Waals surface area contributed by atoms with E-state index in [-0.39, 0.29) is 5.84 Å². The van der Waals surface area contributed by atoms with E-state index < -0.39 is 6.10 Å². The van der Waals surface area contributed by atoms with E-state index in [1.807, 2.05) is 31.0 Å². The Hall–Kier alpha value is -1.79. The Labute approximate surface area is 113 Å². The van der Waals surface area contributed by atoms with E-state index in [1.54, 1.807) is 13.2 Å². The van der Waals surface area contributed by atoms with E-state index in [2.05, 4.69) is 5.16 Å². The molecule has 1 atom stereocenters. The van der Waals surface area contributed by atoms with Crippen LogP contribution in [0.5, 0.6) is 0 Å². The molecule has 6 nitrogen and oxygen atoms in total. The summed E-state index contributed by atoms with van der Waals surface area (Å²) in [5, 5.41) is 21.4. The number of ether oxygens (including phenoxy) is 1. The number of benzene rings is 1. The number of hydrogen-bond acceptors (Lipinski definition) is 5. The van der Waals surface area contributed by atoms with Gasteiger partial charge in [0.05, 0.1) is 12.7 Å². The average Bonchev–Trinajstić information content (AvgIpc) is 2.37. The van der Waals surface area contributed by atoms with Crippen molar-refractivity contribution in [3.63, 3.8) is 0 Å². The van der Waals surface area contributed by atoms with Gasteiger partial charge in [-0.05, 0) is 30.7 Å². The first-order valence-corrected chi connectivity index (χ1v) is 5.96. The molecular weight excluding hydrogens is 246 g/mol. The fourth-order valence-electron chi connectivity index (χ4n) is 1.89. The average molecular weight is 267 g/mol. The highest BCUT2D eigenvalue weighted by Crippen LogP contribution is 2.18. The second-order valence-corrected chi connectivity index (χ2v) is 4.47. The summed E-state index contributed by atoms with van der Waals surface area (Å²) in [7, 11) is 3.44. The molecular formula is C13H21N3O3. The molecule has 19 heavy (non-hydrogen) atoms. The zero-order valence-electron chi connectivity index (χ0n) is 11.5. The lowest BCUT2D eigenvalue weighted by molar-refractivity contribution is 0.0695. The summed E-state index contributed by atoms with van der Waals surface area (Å²) in [4.78, 5) is 1.92. The van der Waals surface area contributed by atoms with Gasteiger partial charge in [-0.1, -0.05) is 5.16 Å². The van der Waals surface area contributed by atoms with Crippen molar-refractivity contribution < 1.29 is 15.1 Å². The lowest BCUT2D eigenvalue weighted by Gasteiger charge is -2.23. The lowest BCUT2D eigenvalue weighted by atomic mass is 10.1. The van der Waals surface area contributed by atoms with Crippen LogP contribution in [0.2, 0.25) is 0 Å². The number of aliphatic hydroxyl groups excluding tert-OH is 1. The smallest absolute Gasteiger partial charge is 0.170 e. The number of likely N-dealkylation sites (N-methyl/N-ethyl adjacent to an activating group) is 1. The summed E-state index contributed by atoms with van der Waals surface area (Å²) < 4.78 is 4.89. The Balaban J connectivity index is 2.83. The Kier molecular flexibility index (Phi) is 5.59. The van der Waals surface area contributed by atoms with Crippen LogP contribution >= 0.6 is 0 Å². The molecule has 0 aromatic heterocycles. The first kappa shape index (κ1) is 15.3. The predicted molar refractivity (Wildman–Crippen MR) is 74.8 cm³/mol. The molecule has 0 fully saturated rings. The fraction of sp³-hybridized carbons (Fsp3) is 0.462. The summed E-state index contributed by atoms with van der Waals surface area (Å²) >= 11 is 0. The maximum absolute atomic E-state index is 9.69. The fourth-order valence-corrected chi connectivity index (χ4v) is 1.89. The normalized spacial score (nSPS) is 13.4. The van der Waals surface area contributed by atoms with Crippen LogP contribution in [0.25, 0.3) is 0 Å². The third kappa shape index (κ3) is 4.11. The summed E-state index contributed by atoms with van der Waals surface area (Å²) in [5.41, 5.74) is 8.11. The van der Waals surface area contributed by atoms with Gasteiger partial charge in [0.1, 0.15) is 0 Å². The van der Waals surface area contributed by atoms with Crippen LogP contribution in [0.4, 0.5) is 5.69 Å². The minimum atomic E-state index is -0.543. The molecule has 0 aliphatic carbocycles. The standard InChI is InChI=1S/C13H21N3O3/c1-9-6-10(4-5-12(9)13(14)15-18)16(2)7-11(17)8-19-3/h4-6,11,17-18H,7-8H2,1-3H3,(H2,14,15). The van der Waals surface area contributed by atoms with Crippen LogP contribution in [0, 0.1) is 6.92 Å². The summed E-state index contributed by atoms with van der Waals surface area (Å²) in [6.07, 6.45) is -0.543. The highest BCUT2D eigenvalue weighted by Gasteiger charge is 2.11. The van der Waals surface area contributed by atoms with Crippen LogP contribution in [0.1, 0.15) is 11.1 Å². The quantitative estimate of drug-likeness (QED) is 0.303. The number of methoxy groups -OCH3 is 1. The molecule has 1 aromatic rings. The summed E-state index contributed by atoms with van der Waals surface area (Å²) in [6, 6.07) is 5.58. The van der Waals surface area contributed by atoms with E-state index >= 15 is 0 Å². The Morgan fingerprint density at radius 3 is 2.74 bits per heavy atom. The summed E-state index contributed by atoms with van der Waals surface area (Å²) in [6.45, 7) is 2.65. The topological polar surface area (TPSA) is 91.3 Å². The van der Waals surface area contributed by atoms with Gasteiger partial charge in [0, 0.05) is 32.0 Å². The second kappa shape index (κ2) is 6.96. The first-order valence-electron chi connectivity index (χ1n) is 5.96. The second-order valence-electron chi connectivity index (χ2n) is 4.47. The van der Waals surface area contributed by atoms with Crippen molar-refractivity contribution >= 4 is 11.5 Å². The van der Waals surface area contributed by atoms with Crippen molar-refractivity contribution in [2.45, 2.75) is 13.0 Å². The largest absolute Gasteiger partial charge is 0.409 e. The van der Waals surface area contributed by atoms with Gasteiger partial charge in [-0.2, -0.15) is 0 Å². The minimum Gasteiger partial charge on any atom is -0.409 e. The van der Waals surface area contributed by atoms with Gasteiger partial charge in [0.15, 0.2) is 5.84 Å². The number of oxime groups is 1. The molecule has 0 amide bonds. The monoisotopic (exact) mass is 267 g/mol. The maximum Gasteiger partial charge on any atom is 0.170 e. The van der Waals surface area contributed by atoms with E-state index in [4.69, 9.17) is 15.7 Å². The molecule has 0 saturated carbocycles. The van der Waals surface area contributed by atoms with Gasteiger partial charge in [0.25, 0.3) is 0 Å². The highest BCUT2D eigenvalue weighted by molar-refractivity contribution is 5.98. The molecule has 106 valence electrons. The first-order chi connectivity index (χ1) is 8.99. The Morgan fingerprint density at radius 2 is 2.21 bits per heavy atom. The van der Waals surface area contributed by atoms with Crippen molar-refractivity contribution in [2.75, 3.05) is 32.2 Å². The molecule has 0 bridgehead atoms. The number of hydrogen-bond donors (Lipinski definition) is 3. The molecule has 0 spiro atoms. The van der Waals surface area contributed by atoms with Gasteiger partial charge in [0.2, 0.25) is 0 Å². The number of nitrogens with zero attached hydrogens (tertiary/aromatic N) is 2. The van der Waals surface area contributed by atoms with E-state index in [0.29, 0.717) is 18.7 Å². The Morgan fingerprint density at radius 1 is 1.53 bits per heavy atom. The zero-order chi connectivity index (χ0) is 14.4. The van der Waals surface area contributed by atoms with Crippen molar-refractivity contribution in [1.29, 1.82) is 0 Å². The number of aryl methyl sites for hydroxylation is 1. The van der Waals surface area contributed by atoms with Gasteiger partial charge < -0.3 is 25.7 Å². The Bertz CT molecular complexity index is 449.